The first kappa shape index (κ1) is 21.5. The Kier molecular flexibility index (Phi) is 7.26. The molecule has 1 aliphatic rings. The molecule has 2 N–H and O–H groups in total. The molecule has 0 saturated heterocycles. The Morgan fingerprint density at radius 2 is 2.13 bits per heavy atom. The summed E-state index contributed by atoms with van der Waals surface area (Å²) >= 11 is 1.72. The van der Waals surface area contributed by atoms with E-state index in [2.05, 4.69) is 55.4 Å². The summed E-state index contributed by atoms with van der Waals surface area (Å²) in [6.45, 7) is 1.87. The van der Waals surface area contributed by atoms with E-state index < -0.39 is 0 Å². The number of aryl methyl sites for hydroxylation is 3. The minimum absolute atomic E-state index is 0.257. The number of methoxy groups -OCH3 is 1. The molecule has 31 heavy (non-hydrogen) atoms. The van der Waals surface area contributed by atoms with Crippen molar-refractivity contribution in [3.8, 4) is 0 Å². The van der Waals surface area contributed by atoms with Crippen LogP contribution in [0.5, 0.6) is 0 Å². The van der Waals surface area contributed by atoms with Crippen LogP contribution >= 0.6 is 11.3 Å². The van der Waals surface area contributed by atoms with E-state index in [9.17, 15) is 0 Å². The number of benzene rings is 1. The van der Waals surface area contributed by atoms with Gasteiger partial charge in [-0.05, 0) is 18.4 Å². The number of nitrogens with one attached hydrogen (secondary N) is 2. The molecular weight excluding hydrogens is 410 g/mol. The summed E-state index contributed by atoms with van der Waals surface area (Å²) in [6, 6.07) is 10.8. The zero-order valence-electron chi connectivity index (χ0n) is 18.0. The molecule has 0 saturated carbocycles. The predicted octanol–water partition coefficient (Wildman–Crippen LogP) is 2.35. The molecule has 4 rings (SSSR count). The second-order valence-electron chi connectivity index (χ2n) is 7.58. The Morgan fingerprint density at radius 1 is 1.26 bits per heavy atom. The average Bonchev–Trinajstić information content (AvgIpc) is 3.42. The Bertz CT molecular complexity index is 998. The number of thiazole rings is 1. The lowest BCUT2D eigenvalue weighted by molar-refractivity contribution is 0.177. The van der Waals surface area contributed by atoms with Gasteiger partial charge in [0.05, 0.1) is 23.8 Å². The van der Waals surface area contributed by atoms with E-state index >= 15 is 0 Å². The monoisotopic (exact) mass is 439 g/mol. The summed E-state index contributed by atoms with van der Waals surface area (Å²) in [6.07, 6.45) is 3.87. The van der Waals surface area contributed by atoms with Gasteiger partial charge in [-0.25, -0.2) is 14.6 Å². The normalized spacial score (nSPS) is 16.2. The second-order valence-corrected chi connectivity index (χ2v) is 8.53. The maximum atomic E-state index is 5.14. The highest BCUT2D eigenvalue weighted by Gasteiger charge is 2.22. The quantitative estimate of drug-likeness (QED) is 0.414. The summed E-state index contributed by atoms with van der Waals surface area (Å²) < 4.78 is 7.11. The van der Waals surface area contributed by atoms with E-state index in [0.717, 1.165) is 55.5 Å². The molecule has 0 bridgehead atoms. The molecule has 0 amide bonds. The number of guanidine groups is 1. The van der Waals surface area contributed by atoms with Crippen LogP contribution in [0, 0.1) is 0 Å². The maximum Gasteiger partial charge on any atom is 0.191 e. The fraction of sp³-hybridized carbons (Fsp3) is 0.455. The van der Waals surface area contributed by atoms with E-state index in [0.29, 0.717) is 13.2 Å². The Hall–Kier alpha value is -2.78. The fourth-order valence-electron chi connectivity index (χ4n) is 3.67. The molecule has 1 unspecified atom stereocenters. The average molecular weight is 440 g/mol. The van der Waals surface area contributed by atoms with Crippen molar-refractivity contribution in [3.63, 3.8) is 0 Å². The van der Waals surface area contributed by atoms with Gasteiger partial charge in [-0.3, -0.25) is 4.99 Å². The first-order valence-electron chi connectivity index (χ1n) is 10.6. The number of hydrogen-bond acceptors (Lipinski definition) is 6. The van der Waals surface area contributed by atoms with E-state index in [1.807, 2.05) is 10.7 Å². The molecule has 1 atom stereocenters. The number of hydrogen-bond donors (Lipinski definition) is 2. The molecular formula is C22H29N7OS. The van der Waals surface area contributed by atoms with Gasteiger partial charge in [0.25, 0.3) is 0 Å². The van der Waals surface area contributed by atoms with Gasteiger partial charge < -0.3 is 15.4 Å². The number of aromatic nitrogens is 4. The van der Waals surface area contributed by atoms with Crippen molar-refractivity contribution in [3.05, 3.63) is 63.6 Å². The lowest BCUT2D eigenvalue weighted by Gasteiger charge is -2.25. The van der Waals surface area contributed by atoms with Crippen LogP contribution in [0.15, 0.2) is 40.7 Å². The largest absolute Gasteiger partial charge is 0.377 e. The van der Waals surface area contributed by atoms with Crippen molar-refractivity contribution in [2.45, 2.75) is 51.4 Å². The van der Waals surface area contributed by atoms with Gasteiger partial charge in [0, 0.05) is 38.4 Å². The lowest BCUT2D eigenvalue weighted by atomic mass is 10.1. The SMILES string of the molecule is CN=C(NCc1csc(CCc2ccccc2)n1)NC1CCc2nc(COC)nn2C1. The minimum atomic E-state index is 0.257. The van der Waals surface area contributed by atoms with E-state index in [-0.39, 0.29) is 6.04 Å². The summed E-state index contributed by atoms with van der Waals surface area (Å²) in [7, 11) is 3.46. The number of nitrogens with zero attached hydrogens (tertiary/aromatic N) is 5. The Labute approximate surface area is 186 Å². The number of fused-ring (bicyclic) bond motifs is 1. The van der Waals surface area contributed by atoms with Crippen LogP contribution in [0.3, 0.4) is 0 Å². The van der Waals surface area contributed by atoms with Crippen molar-refractivity contribution in [2.75, 3.05) is 14.2 Å². The van der Waals surface area contributed by atoms with Gasteiger partial charge in [0.1, 0.15) is 12.4 Å². The number of ether oxygens (including phenoxy) is 1. The summed E-state index contributed by atoms with van der Waals surface area (Å²) in [4.78, 5) is 13.7. The third-order valence-corrected chi connectivity index (χ3v) is 6.20. The molecule has 1 aromatic carbocycles. The van der Waals surface area contributed by atoms with E-state index in [1.54, 1.807) is 25.5 Å². The summed E-state index contributed by atoms with van der Waals surface area (Å²) in [5, 5.41) is 14.7. The predicted molar refractivity (Wildman–Crippen MR) is 122 cm³/mol. The summed E-state index contributed by atoms with van der Waals surface area (Å²) in [5.41, 5.74) is 2.39. The van der Waals surface area contributed by atoms with Gasteiger partial charge in [0.2, 0.25) is 0 Å². The van der Waals surface area contributed by atoms with Crippen LogP contribution in [0.25, 0.3) is 0 Å². The van der Waals surface area contributed by atoms with Crippen LogP contribution < -0.4 is 10.6 Å². The molecule has 9 heteroatoms. The second kappa shape index (κ2) is 10.5. The Balaban J connectivity index is 1.25. The van der Waals surface area contributed by atoms with Crippen LogP contribution in [0.2, 0.25) is 0 Å². The highest BCUT2D eigenvalue weighted by molar-refractivity contribution is 7.09. The van der Waals surface area contributed by atoms with Crippen LogP contribution in [-0.4, -0.2) is 45.9 Å². The smallest absolute Gasteiger partial charge is 0.191 e. The minimum Gasteiger partial charge on any atom is -0.377 e. The van der Waals surface area contributed by atoms with Crippen molar-refractivity contribution in [1.82, 2.24) is 30.4 Å². The number of rotatable bonds is 8. The standard InChI is InChI=1S/C22H29N7OS/c1-23-22(26-17-9-10-20-27-19(14-30-2)28-29(20)13-17)24-12-18-15-31-21(25-18)11-8-16-6-4-3-5-7-16/h3-7,15,17H,8-14H2,1-2H3,(H2,23,24,26). The van der Waals surface area contributed by atoms with E-state index in [4.69, 9.17) is 9.72 Å². The highest BCUT2D eigenvalue weighted by Crippen LogP contribution is 2.15. The molecule has 3 aromatic rings. The van der Waals surface area contributed by atoms with Crippen LogP contribution in [0.4, 0.5) is 0 Å². The van der Waals surface area contributed by atoms with Gasteiger partial charge >= 0.3 is 0 Å². The zero-order chi connectivity index (χ0) is 21.5. The first-order chi connectivity index (χ1) is 15.2. The van der Waals surface area contributed by atoms with Gasteiger partial charge in [-0.2, -0.15) is 5.10 Å². The lowest BCUT2D eigenvalue weighted by Crippen LogP contribution is -2.46. The van der Waals surface area contributed by atoms with Crippen molar-refractivity contribution in [1.29, 1.82) is 0 Å². The van der Waals surface area contributed by atoms with Crippen LogP contribution in [0.1, 0.15) is 34.3 Å². The van der Waals surface area contributed by atoms with Crippen molar-refractivity contribution >= 4 is 17.3 Å². The maximum absolute atomic E-state index is 5.14. The topological polar surface area (TPSA) is 89.2 Å². The third-order valence-electron chi connectivity index (χ3n) is 5.25. The fourth-order valence-corrected chi connectivity index (χ4v) is 4.47. The molecule has 2 aromatic heterocycles. The van der Waals surface area contributed by atoms with E-state index in [1.165, 1.54) is 10.6 Å². The third kappa shape index (κ3) is 5.89. The summed E-state index contributed by atoms with van der Waals surface area (Å²) in [5.74, 6) is 2.55. The highest BCUT2D eigenvalue weighted by atomic mass is 32.1. The molecule has 0 radical (unpaired) electrons. The first-order valence-corrected chi connectivity index (χ1v) is 11.5. The van der Waals surface area contributed by atoms with Gasteiger partial charge in [0.15, 0.2) is 11.8 Å². The molecule has 0 spiro atoms. The molecule has 164 valence electrons. The molecule has 8 nitrogen and oxygen atoms in total. The molecule has 3 heterocycles. The molecule has 0 fully saturated rings. The van der Waals surface area contributed by atoms with Gasteiger partial charge in [-0.15, -0.1) is 11.3 Å². The molecule has 1 aliphatic heterocycles. The number of aliphatic imine (C=N–C) groups is 1. The van der Waals surface area contributed by atoms with Crippen molar-refractivity contribution < 1.29 is 4.74 Å². The van der Waals surface area contributed by atoms with Crippen molar-refractivity contribution in [2.24, 2.45) is 4.99 Å². The zero-order valence-corrected chi connectivity index (χ0v) is 18.9. The van der Waals surface area contributed by atoms with Crippen LogP contribution in [-0.2, 0) is 43.7 Å². The molecule has 0 aliphatic carbocycles. The van der Waals surface area contributed by atoms with Gasteiger partial charge in [-0.1, -0.05) is 30.3 Å². The Morgan fingerprint density at radius 3 is 2.94 bits per heavy atom.